The molecule has 188 valence electrons. The van der Waals surface area contributed by atoms with Gasteiger partial charge in [-0.05, 0) is 63.7 Å². The fourth-order valence-corrected chi connectivity index (χ4v) is 4.34. The van der Waals surface area contributed by atoms with Gasteiger partial charge in [0.05, 0.1) is 29.6 Å². The summed E-state index contributed by atoms with van der Waals surface area (Å²) in [6.45, 7) is 4.52. The van der Waals surface area contributed by atoms with Gasteiger partial charge in [-0.3, -0.25) is 4.79 Å². The number of benzene rings is 1. The Hall–Kier alpha value is -2.88. The quantitative estimate of drug-likeness (QED) is 0.390. The summed E-state index contributed by atoms with van der Waals surface area (Å²) in [6.07, 6.45) is 4.56. The smallest absolute Gasteiger partial charge is 0.258 e. The van der Waals surface area contributed by atoms with Crippen LogP contribution in [0.4, 0.5) is 5.69 Å². The number of nitrogens with one attached hydrogen (secondary N) is 3. The first kappa shape index (κ1) is 25.2. The van der Waals surface area contributed by atoms with E-state index in [4.69, 9.17) is 26.1 Å². The van der Waals surface area contributed by atoms with E-state index in [-0.39, 0.29) is 18.6 Å². The number of aromatic amines is 1. The van der Waals surface area contributed by atoms with Crippen molar-refractivity contribution >= 4 is 34.4 Å². The van der Waals surface area contributed by atoms with Gasteiger partial charge in [0.15, 0.2) is 12.3 Å². The van der Waals surface area contributed by atoms with Gasteiger partial charge in [0.1, 0.15) is 17.1 Å². The number of nitrogens with zero attached hydrogens (tertiary/aromatic N) is 3. The Morgan fingerprint density at radius 2 is 2.03 bits per heavy atom. The average Bonchev–Trinajstić information content (AvgIpc) is 3.30. The summed E-state index contributed by atoms with van der Waals surface area (Å²) in [5.74, 6) is 1.12. The molecule has 35 heavy (non-hydrogen) atoms. The van der Waals surface area contributed by atoms with Crippen molar-refractivity contribution in [2.24, 2.45) is 0 Å². The number of rotatable bonds is 10. The third-order valence-electron chi connectivity index (χ3n) is 6.26. The van der Waals surface area contributed by atoms with Crippen molar-refractivity contribution in [2.75, 3.05) is 45.8 Å². The Morgan fingerprint density at radius 3 is 2.71 bits per heavy atom. The van der Waals surface area contributed by atoms with Gasteiger partial charge >= 0.3 is 0 Å². The molecule has 1 unspecified atom stereocenters. The number of fused-ring (bicyclic) bond motifs is 1. The predicted octanol–water partition coefficient (Wildman–Crippen LogP) is 3.70. The van der Waals surface area contributed by atoms with Crippen LogP contribution in [0.25, 0.3) is 22.6 Å². The monoisotopic (exact) mass is 500 g/mol. The van der Waals surface area contributed by atoms with Crippen LogP contribution in [0, 0.1) is 0 Å². The first-order valence-electron chi connectivity index (χ1n) is 12.0. The molecule has 1 aromatic carbocycles. The number of likely N-dealkylation sites (tertiary alicyclic amines) is 1. The minimum atomic E-state index is -0.178. The molecule has 0 aliphatic carbocycles. The second-order valence-corrected chi connectivity index (χ2v) is 9.33. The Bertz CT molecular complexity index is 1130. The third kappa shape index (κ3) is 6.42. The van der Waals surface area contributed by atoms with E-state index in [1.165, 1.54) is 0 Å². The van der Waals surface area contributed by atoms with E-state index < -0.39 is 0 Å². The lowest BCUT2D eigenvalue weighted by Gasteiger charge is -2.30. The zero-order valence-corrected chi connectivity index (χ0v) is 21.2. The number of pyridine rings is 1. The molecule has 9 nitrogen and oxygen atoms in total. The van der Waals surface area contributed by atoms with Crippen LogP contribution in [0.5, 0.6) is 5.75 Å². The second-order valence-electron chi connectivity index (χ2n) is 8.93. The van der Waals surface area contributed by atoms with Gasteiger partial charge in [-0.15, -0.1) is 0 Å². The molecule has 0 radical (unpaired) electrons. The maximum atomic E-state index is 12.1. The number of amides is 1. The predicted molar refractivity (Wildman–Crippen MR) is 138 cm³/mol. The minimum absolute atomic E-state index is 0.0208. The number of piperidine rings is 1. The largest absolute Gasteiger partial charge is 0.484 e. The lowest BCUT2D eigenvalue weighted by atomic mass is 10.1. The average molecular weight is 501 g/mol. The zero-order chi connectivity index (χ0) is 24.8. The van der Waals surface area contributed by atoms with Crippen molar-refractivity contribution in [3.05, 3.63) is 35.5 Å². The maximum Gasteiger partial charge on any atom is 0.258 e. The van der Waals surface area contributed by atoms with Gasteiger partial charge in [-0.25, -0.2) is 9.97 Å². The molecule has 3 aromatic rings. The first-order chi connectivity index (χ1) is 17.0. The summed E-state index contributed by atoms with van der Waals surface area (Å²) in [5.41, 5.74) is 3.11. The standard InChI is InChI=1S/C25H33ClN6O3/c1-4-17(14-34-3)28-21(33)15-35-19-7-5-16(6-8-19)24-30-23-22(20(26)13-27-25(23)31-24)29-18-9-11-32(2)12-10-18/h5-8,13,17-18H,4,9-12,14-15H2,1-3H3,(H,28,33)(H2,27,29,30,31). The molecule has 0 spiro atoms. The van der Waals surface area contributed by atoms with Crippen LogP contribution in [0.2, 0.25) is 5.02 Å². The van der Waals surface area contributed by atoms with E-state index in [9.17, 15) is 4.79 Å². The Kier molecular flexibility index (Phi) is 8.43. The third-order valence-corrected chi connectivity index (χ3v) is 6.54. The molecule has 1 amide bonds. The summed E-state index contributed by atoms with van der Waals surface area (Å²) >= 11 is 6.50. The molecule has 0 saturated carbocycles. The number of imidazole rings is 1. The zero-order valence-electron chi connectivity index (χ0n) is 20.4. The molecule has 1 saturated heterocycles. The summed E-state index contributed by atoms with van der Waals surface area (Å²) in [7, 11) is 3.76. The van der Waals surface area contributed by atoms with Gasteiger partial charge in [0.2, 0.25) is 0 Å². The topological polar surface area (TPSA) is 104 Å². The van der Waals surface area contributed by atoms with Crippen molar-refractivity contribution in [3.8, 4) is 17.1 Å². The number of carbonyl (C=O) groups excluding carboxylic acids is 1. The van der Waals surface area contributed by atoms with Gasteiger partial charge < -0.3 is 30.0 Å². The Balaban J connectivity index is 1.42. The van der Waals surface area contributed by atoms with Crippen LogP contribution < -0.4 is 15.4 Å². The van der Waals surface area contributed by atoms with E-state index in [1.54, 1.807) is 13.3 Å². The van der Waals surface area contributed by atoms with Crippen molar-refractivity contribution in [1.82, 2.24) is 25.2 Å². The maximum absolute atomic E-state index is 12.1. The number of carbonyl (C=O) groups is 1. The van der Waals surface area contributed by atoms with Crippen molar-refractivity contribution in [3.63, 3.8) is 0 Å². The molecular weight excluding hydrogens is 468 g/mol. The second kappa shape index (κ2) is 11.7. The molecule has 1 aliphatic rings. The number of anilines is 1. The number of hydrogen-bond acceptors (Lipinski definition) is 7. The van der Waals surface area contributed by atoms with Crippen LogP contribution >= 0.6 is 11.6 Å². The highest BCUT2D eigenvalue weighted by Gasteiger charge is 2.20. The molecule has 1 aliphatic heterocycles. The summed E-state index contributed by atoms with van der Waals surface area (Å²) in [6, 6.07) is 7.77. The van der Waals surface area contributed by atoms with Gasteiger partial charge in [-0.2, -0.15) is 0 Å². The molecular formula is C25H33ClN6O3. The van der Waals surface area contributed by atoms with Crippen LogP contribution in [0.15, 0.2) is 30.5 Å². The van der Waals surface area contributed by atoms with Crippen molar-refractivity contribution in [2.45, 2.75) is 38.3 Å². The molecule has 2 aromatic heterocycles. The molecule has 1 fully saturated rings. The Morgan fingerprint density at radius 1 is 1.29 bits per heavy atom. The van der Waals surface area contributed by atoms with Gasteiger partial charge in [-0.1, -0.05) is 18.5 Å². The molecule has 3 heterocycles. The molecule has 4 rings (SSSR count). The fourth-order valence-electron chi connectivity index (χ4n) is 4.15. The van der Waals surface area contributed by atoms with E-state index in [2.05, 4.69) is 32.5 Å². The van der Waals surface area contributed by atoms with E-state index in [1.807, 2.05) is 31.2 Å². The van der Waals surface area contributed by atoms with Gasteiger partial charge in [0, 0.05) is 18.7 Å². The van der Waals surface area contributed by atoms with Crippen molar-refractivity contribution < 1.29 is 14.3 Å². The highest BCUT2D eigenvalue weighted by atomic mass is 35.5. The minimum Gasteiger partial charge on any atom is -0.484 e. The highest BCUT2D eigenvalue weighted by Crippen LogP contribution is 2.32. The van der Waals surface area contributed by atoms with Crippen LogP contribution in [-0.4, -0.2) is 78.3 Å². The van der Waals surface area contributed by atoms with E-state index in [0.717, 1.165) is 49.1 Å². The SMILES string of the molecule is CCC(COC)NC(=O)COc1ccc(-c2nc3c(NC4CCN(C)CC4)c(Cl)cnc3[nH]2)cc1. The Labute approximate surface area is 210 Å². The number of H-pyrrole nitrogens is 1. The van der Waals surface area contributed by atoms with Crippen molar-refractivity contribution in [1.29, 1.82) is 0 Å². The summed E-state index contributed by atoms with van der Waals surface area (Å²) < 4.78 is 10.8. The van der Waals surface area contributed by atoms with Gasteiger partial charge in [0.25, 0.3) is 5.91 Å². The van der Waals surface area contributed by atoms with Crippen LogP contribution in [0.1, 0.15) is 26.2 Å². The number of halogens is 1. The molecule has 3 N–H and O–H groups in total. The first-order valence-corrected chi connectivity index (χ1v) is 12.4. The fraction of sp³-hybridized carbons (Fsp3) is 0.480. The number of ether oxygens (including phenoxy) is 2. The normalized spacial score (nSPS) is 15.8. The van der Waals surface area contributed by atoms with Crippen LogP contribution in [0.3, 0.4) is 0 Å². The molecule has 0 bridgehead atoms. The summed E-state index contributed by atoms with van der Waals surface area (Å²) in [4.78, 5) is 27.0. The summed E-state index contributed by atoms with van der Waals surface area (Å²) in [5, 5.41) is 7.06. The highest BCUT2D eigenvalue weighted by molar-refractivity contribution is 6.34. The molecule has 1 atom stereocenters. The number of aromatic nitrogens is 3. The lowest BCUT2D eigenvalue weighted by Crippen LogP contribution is -2.40. The number of methoxy groups -OCH3 is 1. The van der Waals surface area contributed by atoms with E-state index >= 15 is 0 Å². The number of hydrogen-bond donors (Lipinski definition) is 3. The lowest BCUT2D eigenvalue weighted by molar-refractivity contribution is -0.124. The van der Waals surface area contributed by atoms with E-state index in [0.29, 0.717) is 34.9 Å². The molecule has 10 heteroatoms. The van der Waals surface area contributed by atoms with Crippen LogP contribution in [-0.2, 0) is 9.53 Å².